The Kier molecular flexibility index (Phi) is 2.77. The van der Waals surface area contributed by atoms with Gasteiger partial charge in [0.05, 0.1) is 0 Å². The molecule has 0 atom stereocenters. The highest BCUT2D eigenvalue weighted by Gasteiger charge is 2.04. The van der Waals surface area contributed by atoms with Crippen LogP contribution in [0, 0.1) is 6.92 Å². The quantitative estimate of drug-likeness (QED) is 0.718. The summed E-state index contributed by atoms with van der Waals surface area (Å²) in [5.41, 5.74) is 3.10. The lowest BCUT2D eigenvalue weighted by Gasteiger charge is -1.95. The van der Waals surface area contributed by atoms with Gasteiger partial charge in [0.1, 0.15) is 0 Å². The Labute approximate surface area is 77.8 Å². The normalized spacial score (nSPS) is 11.8. The van der Waals surface area contributed by atoms with Crippen molar-refractivity contribution >= 4 is 22.7 Å². The summed E-state index contributed by atoms with van der Waals surface area (Å²) < 4.78 is 0. The first-order chi connectivity index (χ1) is 5.69. The molecule has 0 aliphatic carbocycles. The molecule has 0 saturated carbocycles. The van der Waals surface area contributed by atoms with Crippen molar-refractivity contribution in [3.8, 4) is 0 Å². The number of rotatable bonds is 2. The SMILES string of the molecule is C=Cc1[nH]c(C)cc1/C(Cl)=C\C. The van der Waals surface area contributed by atoms with Gasteiger partial charge in [-0.05, 0) is 26.0 Å². The second-order valence-corrected chi connectivity index (χ2v) is 3.03. The van der Waals surface area contributed by atoms with Crippen LogP contribution in [0.15, 0.2) is 18.7 Å². The molecule has 0 aliphatic rings. The van der Waals surface area contributed by atoms with E-state index in [1.807, 2.05) is 26.0 Å². The molecular formula is C10H12ClN. The summed E-state index contributed by atoms with van der Waals surface area (Å²) in [6.45, 7) is 7.62. The number of nitrogens with one attached hydrogen (secondary N) is 1. The Morgan fingerprint density at radius 3 is 2.83 bits per heavy atom. The van der Waals surface area contributed by atoms with Crippen LogP contribution in [0.5, 0.6) is 0 Å². The first-order valence-corrected chi connectivity index (χ1v) is 4.21. The van der Waals surface area contributed by atoms with E-state index in [1.54, 1.807) is 6.08 Å². The second kappa shape index (κ2) is 3.63. The topological polar surface area (TPSA) is 15.8 Å². The number of H-pyrrole nitrogens is 1. The van der Waals surface area contributed by atoms with E-state index >= 15 is 0 Å². The van der Waals surface area contributed by atoms with E-state index in [0.717, 1.165) is 22.0 Å². The van der Waals surface area contributed by atoms with Crippen molar-refractivity contribution in [2.24, 2.45) is 0 Å². The van der Waals surface area contributed by atoms with Gasteiger partial charge in [0.25, 0.3) is 0 Å². The van der Waals surface area contributed by atoms with Gasteiger partial charge < -0.3 is 4.98 Å². The van der Waals surface area contributed by atoms with Crippen LogP contribution in [0.2, 0.25) is 0 Å². The zero-order valence-electron chi connectivity index (χ0n) is 7.32. The summed E-state index contributed by atoms with van der Waals surface area (Å²) in [7, 11) is 0. The molecule has 1 N–H and O–H groups in total. The molecule has 1 aromatic rings. The molecule has 0 unspecified atom stereocenters. The predicted octanol–water partition coefficient (Wildman–Crippen LogP) is 3.57. The maximum absolute atomic E-state index is 5.98. The number of aromatic amines is 1. The minimum absolute atomic E-state index is 0.759. The first kappa shape index (κ1) is 9.14. The Morgan fingerprint density at radius 1 is 1.67 bits per heavy atom. The summed E-state index contributed by atoms with van der Waals surface area (Å²) in [4.78, 5) is 3.17. The number of hydrogen-bond acceptors (Lipinski definition) is 0. The molecule has 2 heteroatoms. The van der Waals surface area contributed by atoms with Crippen molar-refractivity contribution in [2.45, 2.75) is 13.8 Å². The summed E-state index contributed by atoms with van der Waals surface area (Å²) in [6, 6.07) is 2.01. The number of hydrogen-bond donors (Lipinski definition) is 1. The zero-order valence-corrected chi connectivity index (χ0v) is 8.07. The largest absolute Gasteiger partial charge is 0.359 e. The van der Waals surface area contributed by atoms with Crippen molar-refractivity contribution < 1.29 is 0 Å². The van der Waals surface area contributed by atoms with Crippen LogP contribution in [0.25, 0.3) is 11.1 Å². The van der Waals surface area contributed by atoms with Gasteiger partial charge in [-0.25, -0.2) is 0 Å². The fourth-order valence-corrected chi connectivity index (χ4v) is 1.28. The second-order valence-electron chi connectivity index (χ2n) is 2.62. The van der Waals surface area contributed by atoms with Crippen molar-refractivity contribution in [1.29, 1.82) is 0 Å². The highest BCUT2D eigenvalue weighted by atomic mass is 35.5. The lowest BCUT2D eigenvalue weighted by atomic mass is 10.2. The number of aryl methyl sites for hydroxylation is 1. The summed E-state index contributed by atoms with van der Waals surface area (Å²) >= 11 is 5.98. The number of aromatic nitrogens is 1. The van der Waals surface area contributed by atoms with Crippen LogP contribution in [0.4, 0.5) is 0 Å². The molecule has 1 heterocycles. The summed E-state index contributed by atoms with van der Waals surface area (Å²) in [5.74, 6) is 0. The van der Waals surface area contributed by atoms with E-state index in [1.165, 1.54) is 0 Å². The fraction of sp³-hybridized carbons (Fsp3) is 0.200. The molecule has 1 aromatic heterocycles. The number of halogens is 1. The van der Waals surface area contributed by atoms with E-state index < -0.39 is 0 Å². The highest BCUT2D eigenvalue weighted by Crippen LogP contribution is 2.24. The third-order valence-corrected chi connectivity index (χ3v) is 2.12. The molecule has 1 nitrogen and oxygen atoms in total. The van der Waals surface area contributed by atoms with Gasteiger partial charge >= 0.3 is 0 Å². The standard InChI is InChI=1S/C10H12ClN/c1-4-9(11)8-6-7(3)12-10(8)5-2/h4-6,12H,2H2,1,3H3/b9-4+. The molecule has 0 aliphatic heterocycles. The van der Waals surface area contributed by atoms with Crippen LogP contribution in [-0.2, 0) is 0 Å². The van der Waals surface area contributed by atoms with Gasteiger partial charge in [0, 0.05) is 22.0 Å². The van der Waals surface area contributed by atoms with Gasteiger partial charge in [-0.2, -0.15) is 0 Å². The average molecular weight is 182 g/mol. The van der Waals surface area contributed by atoms with Crippen LogP contribution in [-0.4, -0.2) is 4.98 Å². The predicted molar refractivity (Wildman–Crippen MR) is 55.1 cm³/mol. The van der Waals surface area contributed by atoms with Gasteiger partial charge in [-0.3, -0.25) is 0 Å². The molecule has 64 valence electrons. The monoisotopic (exact) mass is 181 g/mol. The smallest absolute Gasteiger partial charge is 0.0465 e. The van der Waals surface area contributed by atoms with Crippen LogP contribution in [0.1, 0.15) is 23.9 Å². The van der Waals surface area contributed by atoms with Crippen LogP contribution >= 0.6 is 11.6 Å². The van der Waals surface area contributed by atoms with E-state index in [0.29, 0.717) is 0 Å². The van der Waals surface area contributed by atoms with Gasteiger partial charge in [0.15, 0.2) is 0 Å². The highest BCUT2D eigenvalue weighted by molar-refractivity contribution is 6.49. The molecule has 0 bridgehead atoms. The summed E-state index contributed by atoms with van der Waals surface area (Å²) in [6.07, 6.45) is 3.64. The van der Waals surface area contributed by atoms with Gasteiger partial charge in [-0.15, -0.1) is 0 Å². The molecular weight excluding hydrogens is 170 g/mol. The van der Waals surface area contributed by atoms with Gasteiger partial charge in [-0.1, -0.05) is 24.3 Å². The van der Waals surface area contributed by atoms with Crippen molar-refractivity contribution in [3.63, 3.8) is 0 Å². The van der Waals surface area contributed by atoms with Crippen LogP contribution in [0.3, 0.4) is 0 Å². The molecule has 0 amide bonds. The zero-order chi connectivity index (χ0) is 9.14. The van der Waals surface area contributed by atoms with E-state index in [2.05, 4.69) is 11.6 Å². The lowest BCUT2D eigenvalue weighted by Crippen LogP contribution is -1.77. The molecule has 0 radical (unpaired) electrons. The van der Waals surface area contributed by atoms with Crippen molar-refractivity contribution in [1.82, 2.24) is 4.98 Å². The maximum atomic E-state index is 5.98. The lowest BCUT2D eigenvalue weighted by molar-refractivity contribution is 1.25. The van der Waals surface area contributed by atoms with E-state index in [-0.39, 0.29) is 0 Å². The third kappa shape index (κ3) is 1.62. The Bertz CT molecular complexity index is 321. The minimum Gasteiger partial charge on any atom is -0.359 e. The Morgan fingerprint density at radius 2 is 2.33 bits per heavy atom. The summed E-state index contributed by atoms with van der Waals surface area (Å²) in [5, 5.41) is 0.759. The van der Waals surface area contributed by atoms with Crippen molar-refractivity contribution in [3.05, 3.63) is 35.7 Å². The van der Waals surface area contributed by atoms with Crippen molar-refractivity contribution in [2.75, 3.05) is 0 Å². The minimum atomic E-state index is 0.759. The third-order valence-electron chi connectivity index (χ3n) is 1.70. The molecule has 1 rings (SSSR count). The number of allylic oxidation sites excluding steroid dienone is 1. The maximum Gasteiger partial charge on any atom is 0.0465 e. The molecule has 0 aromatic carbocycles. The molecule has 0 fully saturated rings. The van der Waals surface area contributed by atoms with Crippen LogP contribution < -0.4 is 0 Å². The fourth-order valence-electron chi connectivity index (χ4n) is 1.12. The molecule has 0 saturated heterocycles. The Balaban J connectivity index is 3.22. The van der Waals surface area contributed by atoms with E-state index in [4.69, 9.17) is 11.6 Å². The van der Waals surface area contributed by atoms with Gasteiger partial charge in [0.2, 0.25) is 0 Å². The molecule has 12 heavy (non-hydrogen) atoms. The first-order valence-electron chi connectivity index (χ1n) is 3.83. The Hall–Kier alpha value is -0.950. The average Bonchev–Trinajstić information content (AvgIpc) is 2.45. The van der Waals surface area contributed by atoms with E-state index in [9.17, 15) is 0 Å². The molecule has 0 spiro atoms.